The molecule has 4 rings (SSSR count). The third kappa shape index (κ3) is 3.37. The summed E-state index contributed by atoms with van der Waals surface area (Å²) < 4.78 is 0. The lowest BCUT2D eigenvalue weighted by Gasteiger charge is -2.48. The van der Waals surface area contributed by atoms with Gasteiger partial charge in [-0.05, 0) is 49.7 Å². The van der Waals surface area contributed by atoms with E-state index in [9.17, 15) is 0 Å². The van der Waals surface area contributed by atoms with Gasteiger partial charge in [0.05, 0.1) is 0 Å². The van der Waals surface area contributed by atoms with E-state index in [1.807, 2.05) is 30.3 Å². The summed E-state index contributed by atoms with van der Waals surface area (Å²) >= 11 is 5.36. The van der Waals surface area contributed by atoms with Gasteiger partial charge in [-0.25, -0.2) is 0 Å². The summed E-state index contributed by atoms with van der Waals surface area (Å²) in [6, 6.07) is 10.6. The standard InChI is InChI=1S/C17H21N3S/c1-2-13-12-20-9-8-14(13)10-16(20)11-18-17(21)19-15-6-4-3-5-7-15/h1,3-7,13-14,16H,8-12H2,(H2,18,19,21). The van der Waals surface area contributed by atoms with E-state index < -0.39 is 0 Å². The van der Waals surface area contributed by atoms with Gasteiger partial charge in [0.2, 0.25) is 0 Å². The maximum absolute atomic E-state index is 5.62. The number of hydrogen-bond acceptors (Lipinski definition) is 2. The topological polar surface area (TPSA) is 27.3 Å². The number of fused-ring (bicyclic) bond motifs is 3. The van der Waals surface area contributed by atoms with Crippen molar-refractivity contribution in [1.82, 2.24) is 10.2 Å². The Balaban J connectivity index is 1.48. The fraction of sp³-hybridized carbons (Fsp3) is 0.471. The van der Waals surface area contributed by atoms with Crippen molar-refractivity contribution in [2.75, 3.05) is 25.0 Å². The fourth-order valence-electron chi connectivity index (χ4n) is 3.45. The molecule has 0 radical (unpaired) electrons. The summed E-state index contributed by atoms with van der Waals surface area (Å²) in [7, 11) is 0. The van der Waals surface area contributed by atoms with E-state index in [1.165, 1.54) is 19.4 Å². The zero-order valence-electron chi connectivity index (χ0n) is 12.1. The lowest BCUT2D eigenvalue weighted by Crippen LogP contribution is -2.56. The first-order chi connectivity index (χ1) is 10.3. The minimum atomic E-state index is 0.449. The van der Waals surface area contributed by atoms with Gasteiger partial charge in [0, 0.05) is 30.7 Å². The quantitative estimate of drug-likeness (QED) is 0.662. The summed E-state index contributed by atoms with van der Waals surface area (Å²) in [5.41, 5.74) is 1.02. The SMILES string of the molecule is C#CC1CN2CCC1CC2CNC(=S)Nc1ccccc1. The number of rotatable bonds is 3. The molecule has 3 saturated heterocycles. The molecule has 2 N–H and O–H groups in total. The number of hydrogen-bond donors (Lipinski definition) is 2. The van der Waals surface area contributed by atoms with Crippen molar-refractivity contribution in [2.24, 2.45) is 11.8 Å². The van der Waals surface area contributed by atoms with Crippen molar-refractivity contribution in [3.8, 4) is 12.3 Å². The van der Waals surface area contributed by atoms with Gasteiger partial charge in [0.1, 0.15) is 0 Å². The van der Waals surface area contributed by atoms with Gasteiger partial charge in [-0.15, -0.1) is 12.3 Å². The maximum atomic E-state index is 5.62. The Labute approximate surface area is 132 Å². The van der Waals surface area contributed by atoms with Crippen LogP contribution in [0.5, 0.6) is 0 Å². The molecule has 3 aliphatic rings. The van der Waals surface area contributed by atoms with E-state index in [-0.39, 0.29) is 0 Å². The van der Waals surface area contributed by atoms with Crippen LogP contribution in [-0.4, -0.2) is 35.7 Å². The van der Waals surface area contributed by atoms with E-state index in [1.54, 1.807) is 0 Å². The predicted octanol–water partition coefficient (Wildman–Crippen LogP) is 2.32. The molecular formula is C17H21N3S. The summed E-state index contributed by atoms with van der Waals surface area (Å²) in [5, 5.41) is 7.25. The molecule has 0 saturated carbocycles. The zero-order chi connectivity index (χ0) is 14.7. The lowest BCUT2D eigenvalue weighted by molar-refractivity contribution is 0.0248. The van der Waals surface area contributed by atoms with E-state index in [2.05, 4.69) is 21.5 Å². The second kappa shape index (κ2) is 6.46. The van der Waals surface area contributed by atoms with Gasteiger partial charge in [-0.3, -0.25) is 4.90 Å². The fourth-order valence-corrected chi connectivity index (χ4v) is 3.65. The number of terminal acetylenes is 1. The van der Waals surface area contributed by atoms with Crippen LogP contribution >= 0.6 is 12.2 Å². The van der Waals surface area contributed by atoms with Crippen molar-refractivity contribution in [1.29, 1.82) is 0 Å². The summed E-state index contributed by atoms with van der Waals surface area (Å²) in [4.78, 5) is 2.52. The van der Waals surface area contributed by atoms with Gasteiger partial charge in [0.25, 0.3) is 0 Å². The number of piperidine rings is 3. The van der Waals surface area contributed by atoms with Crippen LogP contribution in [-0.2, 0) is 0 Å². The number of thiocarbonyl (C=S) groups is 1. The van der Waals surface area contributed by atoms with Crippen LogP contribution in [0.25, 0.3) is 0 Å². The second-order valence-corrected chi connectivity index (χ2v) is 6.32. The molecule has 0 amide bonds. The van der Waals surface area contributed by atoms with E-state index >= 15 is 0 Å². The third-order valence-corrected chi connectivity index (χ3v) is 4.87. The van der Waals surface area contributed by atoms with E-state index in [0.717, 1.165) is 18.8 Å². The molecule has 4 atom stereocenters. The van der Waals surface area contributed by atoms with Crippen molar-refractivity contribution in [2.45, 2.75) is 18.9 Å². The first-order valence-corrected chi connectivity index (χ1v) is 7.97. The van der Waals surface area contributed by atoms with Gasteiger partial charge >= 0.3 is 0 Å². The zero-order valence-corrected chi connectivity index (χ0v) is 12.9. The van der Waals surface area contributed by atoms with E-state index in [4.69, 9.17) is 18.6 Å². The molecule has 110 valence electrons. The molecular weight excluding hydrogens is 278 g/mol. The molecule has 0 spiro atoms. The molecule has 0 aromatic heterocycles. The van der Waals surface area contributed by atoms with Crippen LogP contribution in [0.3, 0.4) is 0 Å². The summed E-state index contributed by atoms with van der Waals surface area (Å²) in [6.07, 6.45) is 8.06. The summed E-state index contributed by atoms with van der Waals surface area (Å²) in [5.74, 6) is 4.10. The lowest BCUT2D eigenvalue weighted by atomic mass is 9.76. The highest BCUT2D eigenvalue weighted by molar-refractivity contribution is 7.80. The number of para-hydroxylation sites is 1. The molecule has 0 aliphatic carbocycles. The van der Waals surface area contributed by atoms with Crippen molar-refractivity contribution in [3.63, 3.8) is 0 Å². The monoisotopic (exact) mass is 299 g/mol. The highest BCUT2D eigenvalue weighted by atomic mass is 32.1. The van der Waals surface area contributed by atoms with Crippen molar-refractivity contribution in [3.05, 3.63) is 30.3 Å². The van der Waals surface area contributed by atoms with Crippen molar-refractivity contribution < 1.29 is 0 Å². The molecule has 3 heterocycles. The number of anilines is 1. The molecule has 1 aromatic rings. The second-order valence-electron chi connectivity index (χ2n) is 5.91. The maximum Gasteiger partial charge on any atom is 0.170 e. The van der Waals surface area contributed by atoms with E-state index in [0.29, 0.717) is 23.0 Å². The third-order valence-electron chi connectivity index (χ3n) is 4.62. The minimum absolute atomic E-state index is 0.449. The molecule has 3 aliphatic heterocycles. The Bertz CT molecular complexity index is 537. The smallest absolute Gasteiger partial charge is 0.170 e. The minimum Gasteiger partial charge on any atom is -0.361 e. The van der Waals surface area contributed by atoms with Gasteiger partial charge in [-0.1, -0.05) is 18.2 Å². The van der Waals surface area contributed by atoms with Crippen LogP contribution in [0.15, 0.2) is 30.3 Å². The number of nitrogens with one attached hydrogen (secondary N) is 2. The Morgan fingerprint density at radius 2 is 2.19 bits per heavy atom. The first kappa shape index (κ1) is 14.4. The largest absolute Gasteiger partial charge is 0.361 e. The molecule has 4 heteroatoms. The molecule has 3 fully saturated rings. The molecule has 21 heavy (non-hydrogen) atoms. The molecule has 3 nitrogen and oxygen atoms in total. The van der Waals surface area contributed by atoms with Gasteiger partial charge in [-0.2, -0.15) is 0 Å². The number of benzene rings is 1. The van der Waals surface area contributed by atoms with Gasteiger partial charge in [0.15, 0.2) is 5.11 Å². The van der Waals surface area contributed by atoms with Crippen LogP contribution in [0.1, 0.15) is 12.8 Å². The molecule has 2 bridgehead atoms. The van der Waals surface area contributed by atoms with Crippen LogP contribution in [0.2, 0.25) is 0 Å². The van der Waals surface area contributed by atoms with Gasteiger partial charge < -0.3 is 10.6 Å². The molecule has 4 unspecified atom stereocenters. The van der Waals surface area contributed by atoms with Crippen molar-refractivity contribution >= 4 is 23.0 Å². The van der Waals surface area contributed by atoms with Crippen LogP contribution in [0, 0.1) is 24.2 Å². The Morgan fingerprint density at radius 1 is 1.38 bits per heavy atom. The Morgan fingerprint density at radius 3 is 2.86 bits per heavy atom. The Kier molecular flexibility index (Phi) is 4.42. The Hall–Kier alpha value is -1.57. The van der Waals surface area contributed by atoms with Crippen LogP contribution < -0.4 is 10.6 Å². The highest BCUT2D eigenvalue weighted by Crippen LogP contribution is 2.35. The average molecular weight is 299 g/mol. The predicted molar refractivity (Wildman–Crippen MR) is 91.1 cm³/mol. The first-order valence-electron chi connectivity index (χ1n) is 7.56. The van der Waals surface area contributed by atoms with Crippen LogP contribution in [0.4, 0.5) is 5.69 Å². The highest BCUT2D eigenvalue weighted by Gasteiger charge is 2.38. The molecule has 1 aromatic carbocycles. The average Bonchev–Trinajstić information content (AvgIpc) is 2.54. The summed E-state index contributed by atoms with van der Waals surface area (Å²) in [6.45, 7) is 3.12. The normalized spacial score (nSPS) is 30.4. The number of nitrogens with zero attached hydrogens (tertiary/aromatic N) is 1.